The van der Waals surface area contributed by atoms with E-state index >= 15 is 0 Å². The number of amides is 2. The molecule has 29 heavy (non-hydrogen) atoms. The quantitative estimate of drug-likeness (QED) is 0.467. The number of benzene rings is 2. The molecule has 0 aromatic heterocycles. The number of thioether (sulfide) groups is 1. The molecule has 5 nitrogen and oxygen atoms in total. The molecule has 0 N–H and O–H groups in total. The average Bonchev–Trinajstić information content (AvgIpc) is 2.94. The van der Waals surface area contributed by atoms with Gasteiger partial charge in [0.1, 0.15) is 0 Å². The van der Waals surface area contributed by atoms with Gasteiger partial charge in [0.25, 0.3) is 5.24 Å². The van der Waals surface area contributed by atoms with Gasteiger partial charge >= 0.3 is 0 Å². The van der Waals surface area contributed by atoms with E-state index in [1.165, 1.54) is 4.90 Å². The molecule has 1 aliphatic rings. The Morgan fingerprint density at radius 3 is 2.41 bits per heavy atom. The second kappa shape index (κ2) is 9.87. The minimum absolute atomic E-state index is 0.182. The van der Waals surface area contributed by atoms with Crippen molar-refractivity contribution >= 4 is 50.4 Å². The normalized spacial score (nSPS) is 16.4. The third kappa shape index (κ3) is 5.27. The van der Waals surface area contributed by atoms with Crippen LogP contribution in [0.15, 0.2) is 40.9 Å². The highest BCUT2D eigenvalue weighted by Crippen LogP contribution is 2.39. The Morgan fingerprint density at radius 1 is 1.07 bits per heavy atom. The maximum Gasteiger partial charge on any atom is 0.289 e. The fraction of sp³-hybridized carbons (Fsp3) is 0.333. The largest absolute Gasteiger partial charge is 0.490 e. The second-order valence-corrected chi connectivity index (χ2v) is 8.84. The predicted molar refractivity (Wildman–Crippen MR) is 119 cm³/mol. The van der Waals surface area contributed by atoms with E-state index in [4.69, 9.17) is 21.1 Å². The standard InChI is InChI=1S/C21H21BrClNO4S/c1-3-27-17-10-14(9-16(22)19(17)28-4-2)11-18-20(25)24(21(26)29-18)12-13-5-7-15(23)8-6-13/h5-10,18H,3-4,11-12H2,1-2H3/t18-/m0/s1. The number of carbonyl (C=O) groups excluding carboxylic acids is 2. The summed E-state index contributed by atoms with van der Waals surface area (Å²) in [4.78, 5) is 26.6. The first-order chi connectivity index (χ1) is 13.9. The van der Waals surface area contributed by atoms with Gasteiger partial charge in [0.2, 0.25) is 5.91 Å². The molecule has 1 heterocycles. The van der Waals surface area contributed by atoms with E-state index in [9.17, 15) is 9.59 Å². The Morgan fingerprint density at radius 2 is 1.76 bits per heavy atom. The minimum Gasteiger partial charge on any atom is -0.490 e. The van der Waals surface area contributed by atoms with Crippen LogP contribution in [0.3, 0.4) is 0 Å². The zero-order chi connectivity index (χ0) is 21.0. The summed E-state index contributed by atoms with van der Waals surface area (Å²) in [5.74, 6) is 1.08. The summed E-state index contributed by atoms with van der Waals surface area (Å²) < 4.78 is 12.1. The van der Waals surface area contributed by atoms with Gasteiger partial charge < -0.3 is 9.47 Å². The van der Waals surface area contributed by atoms with Crippen LogP contribution in [0.2, 0.25) is 5.02 Å². The molecule has 1 aliphatic heterocycles. The first kappa shape index (κ1) is 22.0. The Bertz CT molecular complexity index is 906. The molecule has 0 radical (unpaired) electrons. The maximum absolute atomic E-state index is 12.8. The molecule has 3 rings (SSSR count). The topological polar surface area (TPSA) is 55.8 Å². The molecule has 2 amide bonds. The summed E-state index contributed by atoms with van der Waals surface area (Å²) in [5, 5.41) is -0.0784. The molecular weight excluding hydrogens is 478 g/mol. The lowest BCUT2D eigenvalue weighted by molar-refractivity contribution is -0.127. The lowest BCUT2D eigenvalue weighted by Crippen LogP contribution is -2.31. The van der Waals surface area contributed by atoms with Crippen LogP contribution in [0.5, 0.6) is 11.5 Å². The van der Waals surface area contributed by atoms with Crippen molar-refractivity contribution in [2.24, 2.45) is 0 Å². The number of imide groups is 1. The number of hydrogen-bond acceptors (Lipinski definition) is 5. The zero-order valence-electron chi connectivity index (χ0n) is 16.1. The molecule has 0 bridgehead atoms. The molecule has 8 heteroatoms. The first-order valence-electron chi connectivity index (χ1n) is 9.27. The maximum atomic E-state index is 12.8. The van der Waals surface area contributed by atoms with E-state index in [0.29, 0.717) is 36.2 Å². The van der Waals surface area contributed by atoms with Gasteiger partial charge in [0, 0.05) is 5.02 Å². The van der Waals surface area contributed by atoms with Crippen LogP contribution in [-0.4, -0.2) is 34.5 Å². The summed E-state index contributed by atoms with van der Waals surface area (Å²) in [5.41, 5.74) is 1.76. The van der Waals surface area contributed by atoms with Crippen LogP contribution < -0.4 is 9.47 Å². The zero-order valence-corrected chi connectivity index (χ0v) is 19.3. The molecule has 0 unspecified atom stereocenters. The Hall–Kier alpha value is -1.70. The molecule has 1 saturated heterocycles. The SMILES string of the molecule is CCOc1cc(C[C@@H]2SC(=O)N(Cc3ccc(Cl)cc3)C2=O)cc(Br)c1OCC. The number of hydrogen-bond donors (Lipinski definition) is 0. The molecule has 1 fully saturated rings. The number of rotatable bonds is 8. The van der Waals surface area contributed by atoms with Crippen molar-refractivity contribution in [3.05, 3.63) is 57.0 Å². The summed E-state index contributed by atoms with van der Waals surface area (Å²) in [6.07, 6.45) is 0.428. The van der Waals surface area contributed by atoms with E-state index in [0.717, 1.165) is 27.4 Å². The van der Waals surface area contributed by atoms with Crippen molar-refractivity contribution < 1.29 is 19.1 Å². The van der Waals surface area contributed by atoms with Crippen LogP contribution in [0.1, 0.15) is 25.0 Å². The minimum atomic E-state index is -0.464. The van der Waals surface area contributed by atoms with Gasteiger partial charge in [-0.3, -0.25) is 14.5 Å². The highest BCUT2D eigenvalue weighted by Gasteiger charge is 2.39. The molecule has 2 aromatic carbocycles. The number of halogens is 2. The molecule has 1 atom stereocenters. The summed E-state index contributed by atoms with van der Waals surface area (Å²) in [7, 11) is 0. The number of carbonyl (C=O) groups is 2. The first-order valence-corrected chi connectivity index (χ1v) is 11.3. The summed E-state index contributed by atoms with van der Waals surface area (Å²) >= 11 is 10.5. The van der Waals surface area contributed by atoms with E-state index in [1.54, 1.807) is 12.1 Å². The van der Waals surface area contributed by atoms with Gasteiger partial charge in [-0.25, -0.2) is 0 Å². The van der Waals surface area contributed by atoms with Gasteiger partial charge in [-0.1, -0.05) is 35.5 Å². The molecular formula is C21H21BrClNO4S. The lowest BCUT2D eigenvalue weighted by Gasteiger charge is -2.16. The monoisotopic (exact) mass is 497 g/mol. The Kier molecular flexibility index (Phi) is 7.49. The summed E-state index contributed by atoms with van der Waals surface area (Å²) in [6.45, 7) is 5.07. The fourth-order valence-electron chi connectivity index (χ4n) is 3.04. The fourth-order valence-corrected chi connectivity index (χ4v) is 4.80. The van der Waals surface area contributed by atoms with E-state index in [-0.39, 0.29) is 17.7 Å². The van der Waals surface area contributed by atoms with Crippen LogP contribution in [0, 0.1) is 0 Å². The average molecular weight is 499 g/mol. The molecule has 2 aromatic rings. The molecule has 0 saturated carbocycles. The highest BCUT2D eigenvalue weighted by atomic mass is 79.9. The number of nitrogens with zero attached hydrogens (tertiary/aromatic N) is 1. The van der Waals surface area contributed by atoms with Crippen molar-refractivity contribution in [2.45, 2.75) is 32.1 Å². The smallest absolute Gasteiger partial charge is 0.289 e. The van der Waals surface area contributed by atoms with Crippen LogP contribution in [0.4, 0.5) is 4.79 Å². The third-order valence-corrected chi connectivity index (χ3v) is 6.25. The Balaban J connectivity index is 1.75. The van der Waals surface area contributed by atoms with Gasteiger partial charge in [0.15, 0.2) is 11.5 Å². The van der Waals surface area contributed by atoms with Gasteiger partial charge in [0.05, 0.1) is 29.5 Å². The van der Waals surface area contributed by atoms with Crippen molar-refractivity contribution in [3.8, 4) is 11.5 Å². The van der Waals surface area contributed by atoms with Crippen molar-refractivity contribution in [2.75, 3.05) is 13.2 Å². The van der Waals surface area contributed by atoms with Crippen molar-refractivity contribution in [1.82, 2.24) is 4.90 Å². The van der Waals surface area contributed by atoms with Crippen LogP contribution in [-0.2, 0) is 17.8 Å². The molecule has 0 aliphatic carbocycles. The van der Waals surface area contributed by atoms with E-state index in [1.807, 2.05) is 38.1 Å². The second-order valence-electron chi connectivity index (χ2n) is 6.40. The highest BCUT2D eigenvalue weighted by molar-refractivity contribution is 9.10. The van der Waals surface area contributed by atoms with Crippen molar-refractivity contribution in [3.63, 3.8) is 0 Å². The van der Waals surface area contributed by atoms with Gasteiger partial charge in [-0.15, -0.1) is 0 Å². The Labute approximate surface area is 187 Å². The van der Waals surface area contributed by atoms with Gasteiger partial charge in [-0.05, 0) is 71.6 Å². The summed E-state index contributed by atoms with van der Waals surface area (Å²) in [6, 6.07) is 10.9. The van der Waals surface area contributed by atoms with Crippen molar-refractivity contribution in [1.29, 1.82) is 0 Å². The van der Waals surface area contributed by atoms with Crippen LogP contribution >= 0.6 is 39.3 Å². The van der Waals surface area contributed by atoms with Crippen LogP contribution in [0.25, 0.3) is 0 Å². The lowest BCUT2D eigenvalue weighted by atomic mass is 10.1. The molecule has 0 spiro atoms. The van der Waals surface area contributed by atoms with Gasteiger partial charge in [-0.2, -0.15) is 0 Å². The third-order valence-electron chi connectivity index (χ3n) is 4.34. The number of ether oxygens (including phenoxy) is 2. The van der Waals surface area contributed by atoms with E-state index < -0.39 is 5.25 Å². The van der Waals surface area contributed by atoms with E-state index in [2.05, 4.69) is 15.9 Å². The predicted octanol–water partition coefficient (Wildman–Crippen LogP) is 5.71. The molecule has 154 valence electrons.